The van der Waals surface area contributed by atoms with E-state index in [1.54, 1.807) is 0 Å². The maximum Gasteiger partial charge on any atom is 0.131 e. The van der Waals surface area contributed by atoms with Gasteiger partial charge in [0.2, 0.25) is 0 Å². The van der Waals surface area contributed by atoms with Crippen LogP contribution in [0.3, 0.4) is 0 Å². The van der Waals surface area contributed by atoms with Gasteiger partial charge in [-0.15, -0.1) is 23.2 Å². The number of hydrogen-bond donors (Lipinski definition) is 0. The van der Waals surface area contributed by atoms with Gasteiger partial charge >= 0.3 is 0 Å². The lowest BCUT2D eigenvalue weighted by Gasteiger charge is -2.13. The molecule has 0 aliphatic heterocycles. The normalized spacial score (nSPS) is 10.7. The average Bonchev–Trinajstić information content (AvgIpc) is 2.61. The van der Waals surface area contributed by atoms with Crippen molar-refractivity contribution in [3.8, 4) is 23.0 Å². The molecule has 2 aromatic rings. The van der Waals surface area contributed by atoms with Gasteiger partial charge in [0, 0.05) is 23.9 Å². The number of rotatable bonds is 12. The molecule has 2 aromatic carbocycles. The highest BCUT2D eigenvalue weighted by Gasteiger charge is 2.06. The van der Waals surface area contributed by atoms with Gasteiger partial charge in [0.05, 0.1) is 13.2 Å². The lowest BCUT2D eigenvalue weighted by atomic mass is 10.2. The second-order valence-corrected chi connectivity index (χ2v) is 7.31. The van der Waals surface area contributed by atoms with Gasteiger partial charge in [0.1, 0.15) is 23.0 Å². The molecule has 5 heteroatoms. The Balaban J connectivity index is 2.02. The Labute approximate surface area is 172 Å². The smallest absolute Gasteiger partial charge is 0.131 e. The first kappa shape index (κ1) is 21.7. The molecular weight excluding hydrogens is 383 g/mol. The highest BCUT2D eigenvalue weighted by molar-refractivity contribution is 6.18. The monoisotopic (exact) mass is 410 g/mol. The van der Waals surface area contributed by atoms with E-state index in [-0.39, 0.29) is 0 Å². The maximum absolute atomic E-state index is 6.07. The molecule has 0 saturated heterocycles. The van der Waals surface area contributed by atoms with Gasteiger partial charge < -0.3 is 14.2 Å². The molecule has 0 fully saturated rings. The fourth-order valence-corrected chi connectivity index (χ4v) is 3.00. The van der Waals surface area contributed by atoms with E-state index < -0.39 is 0 Å². The minimum atomic E-state index is 0.653. The molecule has 0 heterocycles. The third-order valence-electron chi connectivity index (χ3n) is 3.88. The number of halogens is 2. The summed E-state index contributed by atoms with van der Waals surface area (Å²) in [6.07, 6.45) is 3.78. The van der Waals surface area contributed by atoms with E-state index in [2.05, 4.69) is 0 Å². The van der Waals surface area contributed by atoms with Crippen molar-refractivity contribution >= 4 is 23.2 Å². The van der Waals surface area contributed by atoms with Crippen LogP contribution in [0.2, 0.25) is 0 Å². The first-order valence-electron chi connectivity index (χ1n) is 9.39. The summed E-state index contributed by atoms with van der Waals surface area (Å²) in [7, 11) is 0. The molecule has 0 N–H and O–H groups in total. The third-order valence-corrected chi connectivity index (χ3v) is 4.41. The van der Waals surface area contributed by atoms with Crippen LogP contribution in [0.5, 0.6) is 23.0 Å². The number of unbranched alkanes of at least 4 members (excludes halogenated alkanes) is 2. The van der Waals surface area contributed by atoms with Crippen molar-refractivity contribution in [3.63, 3.8) is 0 Å². The van der Waals surface area contributed by atoms with Gasteiger partial charge in [-0.1, -0.05) is 0 Å². The third kappa shape index (κ3) is 8.32. The molecule has 0 amide bonds. The molecule has 148 valence electrons. The Bertz CT molecular complexity index is 644. The summed E-state index contributed by atoms with van der Waals surface area (Å²) in [5.74, 6) is 4.45. The van der Waals surface area contributed by atoms with Gasteiger partial charge in [0.25, 0.3) is 0 Å². The van der Waals surface area contributed by atoms with Crippen molar-refractivity contribution in [3.05, 3.63) is 47.5 Å². The summed E-state index contributed by atoms with van der Waals surface area (Å²) >= 11 is 11.4. The van der Waals surface area contributed by atoms with E-state index >= 15 is 0 Å². The number of benzene rings is 2. The predicted molar refractivity (Wildman–Crippen MR) is 113 cm³/mol. The Morgan fingerprint density at radius 1 is 0.593 bits per heavy atom. The minimum absolute atomic E-state index is 0.653. The fraction of sp³-hybridized carbons (Fsp3) is 0.455. The van der Waals surface area contributed by atoms with Crippen molar-refractivity contribution < 1.29 is 14.2 Å². The molecule has 27 heavy (non-hydrogen) atoms. The zero-order valence-corrected chi connectivity index (χ0v) is 17.6. The Morgan fingerprint density at radius 2 is 1.00 bits per heavy atom. The van der Waals surface area contributed by atoms with Crippen LogP contribution in [0.4, 0.5) is 0 Å². The highest BCUT2D eigenvalue weighted by Crippen LogP contribution is 2.30. The van der Waals surface area contributed by atoms with Crippen LogP contribution in [-0.4, -0.2) is 25.0 Å². The summed E-state index contributed by atoms with van der Waals surface area (Å²) in [5, 5.41) is 0. The molecule has 0 unspecified atom stereocenters. The zero-order chi connectivity index (χ0) is 19.5. The number of hydrogen-bond acceptors (Lipinski definition) is 3. The number of ether oxygens (including phenoxy) is 3. The van der Waals surface area contributed by atoms with Crippen molar-refractivity contribution in [1.82, 2.24) is 0 Å². The van der Waals surface area contributed by atoms with Crippen molar-refractivity contribution in [2.45, 2.75) is 39.5 Å². The summed E-state index contributed by atoms with van der Waals surface area (Å²) in [4.78, 5) is 0. The molecule has 0 aromatic heterocycles. The van der Waals surface area contributed by atoms with Crippen LogP contribution < -0.4 is 14.2 Å². The molecule has 0 radical (unpaired) electrons. The van der Waals surface area contributed by atoms with Crippen LogP contribution >= 0.6 is 23.2 Å². The number of aryl methyl sites for hydroxylation is 2. The summed E-state index contributed by atoms with van der Waals surface area (Å²) in [6.45, 7) is 5.36. The Morgan fingerprint density at radius 3 is 1.41 bits per heavy atom. The molecule has 0 aliphatic rings. The van der Waals surface area contributed by atoms with E-state index in [0.717, 1.165) is 59.8 Å². The van der Waals surface area contributed by atoms with E-state index in [4.69, 9.17) is 37.4 Å². The standard InChI is InChI=1S/C22H28Cl2O3/c1-17-11-19(25-9-5-3-7-23)15-21(13-17)27-22-14-18(2)12-20(16-22)26-10-6-4-8-24/h11-16H,3-10H2,1-2H3. The Hall–Kier alpha value is -1.58. The van der Waals surface area contributed by atoms with E-state index in [0.29, 0.717) is 25.0 Å². The zero-order valence-electron chi connectivity index (χ0n) is 16.1. The summed E-state index contributed by atoms with van der Waals surface area (Å²) in [6, 6.07) is 11.8. The second-order valence-electron chi connectivity index (χ2n) is 6.55. The highest BCUT2D eigenvalue weighted by atomic mass is 35.5. The molecular formula is C22H28Cl2O3. The SMILES string of the molecule is Cc1cc(OCCCCCl)cc(Oc2cc(C)cc(OCCCCCl)c2)c1. The fourth-order valence-electron chi connectivity index (χ4n) is 2.62. The van der Waals surface area contributed by atoms with Gasteiger partial charge in [-0.3, -0.25) is 0 Å². The molecule has 0 atom stereocenters. The summed E-state index contributed by atoms with van der Waals surface area (Å²) < 4.78 is 17.7. The first-order valence-corrected chi connectivity index (χ1v) is 10.5. The van der Waals surface area contributed by atoms with Gasteiger partial charge in [-0.2, -0.15) is 0 Å². The molecule has 0 aliphatic carbocycles. The molecule has 3 nitrogen and oxygen atoms in total. The van der Waals surface area contributed by atoms with Gasteiger partial charge in [0.15, 0.2) is 0 Å². The first-order chi connectivity index (χ1) is 13.1. The van der Waals surface area contributed by atoms with Crippen LogP contribution in [0.25, 0.3) is 0 Å². The van der Waals surface area contributed by atoms with Gasteiger partial charge in [-0.05, 0) is 74.9 Å². The van der Waals surface area contributed by atoms with E-state index in [1.807, 2.05) is 50.2 Å². The molecule has 0 saturated carbocycles. The largest absolute Gasteiger partial charge is 0.493 e. The van der Waals surface area contributed by atoms with Gasteiger partial charge in [-0.25, -0.2) is 0 Å². The van der Waals surface area contributed by atoms with E-state index in [1.165, 1.54) is 0 Å². The van der Waals surface area contributed by atoms with E-state index in [9.17, 15) is 0 Å². The summed E-state index contributed by atoms with van der Waals surface area (Å²) in [5.41, 5.74) is 2.18. The predicted octanol–water partition coefficient (Wildman–Crippen LogP) is 6.89. The average molecular weight is 411 g/mol. The minimum Gasteiger partial charge on any atom is -0.493 e. The number of alkyl halides is 2. The topological polar surface area (TPSA) is 27.7 Å². The van der Waals surface area contributed by atoms with Crippen LogP contribution in [0, 0.1) is 13.8 Å². The van der Waals surface area contributed by atoms with Crippen LogP contribution in [0.15, 0.2) is 36.4 Å². The van der Waals surface area contributed by atoms with Crippen LogP contribution in [-0.2, 0) is 0 Å². The van der Waals surface area contributed by atoms with Crippen molar-refractivity contribution in [2.24, 2.45) is 0 Å². The Kier molecular flexibility index (Phi) is 9.65. The second kappa shape index (κ2) is 12.0. The molecule has 0 bridgehead atoms. The van der Waals surface area contributed by atoms with Crippen LogP contribution in [0.1, 0.15) is 36.8 Å². The lowest BCUT2D eigenvalue weighted by Crippen LogP contribution is -1.99. The lowest BCUT2D eigenvalue weighted by molar-refractivity contribution is 0.306. The van der Waals surface area contributed by atoms with Crippen molar-refractivity contribution in [1.29, 1.82) is 0 Å². The molecule has 0 spiro atoms. The van der Waals surface area contributed by atoms with Crippen molar-refractivity contribution in [2.75, 3.05) is 25.0 Å². The molecule has 2 rings (SSSR count). The quantitative estimate of drug-likeness (QED) is 0.281. The maximum atomic E-state index is 6.07.